The van der Waals surface area contributed by atoms with E-state index >= 15 is 0 Å². The summed E-state index contributed by atoms with van der Waals surface area (Å²) >= 11 is 10.6. The molecule has 2 aromatic rings. The Kier molecular flexibility index (Phi) is 10.1. The number of aromatic hydroxyl groups is 1. The molecule has 2 aromatic carbocycles. The van der Waals surface area contributed by atoms with Crippen LogP contribution in [0, 0.1) is 6.92 Å². The molecule has 3 N–H and O–H groups in total. The van der Waals surface area contributed by atoms with Gasteiger partial charge in [0.25, 0.3) is 5.91 Å². The Bertz CT molecular complexity index is 1070. The molecule has 0 aliphatic rings. The van der Waals surface area contributed by atoms with E-state index in [0.29, 0.717) is 16.3 Å². The molecule has 10 heteroatoms. The number of amides is 3. The molecule has 0 aliphatic carbocycles. The van der Waals surface area contributed by atoms with E-state index in [1.54, 1.807) is 58.9 Å². The van der Waals surface area contributed by atoms with Crippen molar-refractivity contribution in [3.63, 3.8) is 0 Å². The highest BCUT2D eigenvalue weighted by Crippen LogP contribution is 2.31. The van der Waals surface area contributed by atoms with Crippen molar-refractivity contribution in [2.45, 2.75) is 65.3 Å². The fourth-order valence-corrected chi connectivity index (χ4v) is 4.09. The molecule has 36 heavy (non-hydrogen) atoms. The molecule has 2 rings (SSSR count). The van der Waals surface area contributed by atoms with E-state index in [0.717, 1.165) is 5.56 Å². The van der Waals surface area contributed by atoms with Crippen LogP contribution in [-0.2, 0) is 14.3 Å². The second-order valence-corrected chi connectivity index (χ2v) is 10.4. The first-order valence-corrected chi connectivity index (χ1v) is 12.5. The number of alkyl carbamates (subject to hydrolysis) is 1. The van der Waals surface area contributed by atoms with Crippen LogP contribution in [0.15, 0.2) is 42.5 Å². The number of para-hydroxylation sites is 1. The molecule has 8 nitrogen and oxygen atoms in total. The molecule has 2 atom stereocenters. The zero-order chi connectivity index (χ0) is 27.2. The molecule has 3 amide bonds. The van der Waals surface area contributed by atoms with Crippen molar-refractivity contribution >= 4 is 47.8 Å². The topological polar surface area (TPSA) is 108 Å². The van der Waals surface area contributed by atoms with Crippen LogP contribution >= 0.6 is 24.2 Å². The minimum absolute atomic E-state index is 0.0158. The lowest BCUT2D eigenvalue weighted by Crippen LogP contribution is -2.55. The monoisotopic (exact) mass is 535 g/mol. The summed E-state index contributed by atoms with van der Waals surface area (Å²) in [7, 11) is 0. The van der Waals surface area contributed by atoms with Gasteiger partial charge in [-0.25, -0.2) is 4.79 Å². The second-order valence-electron chi connectivity index (χ2n) is 9.64. The van der Waals surface area contributed by atoms with Gasteiger partial charge in [0.2, 0.25) is 5.91 Å². The molecule has 196 valence electrons. The van der Waals surface area contributed by atoms with Gasteiger partial charge in [0.05, 0.1) is 10.7 Å². The van der Waals surface area contributed by atoms with E-state index in [2.05, 4.69) is 23.3 Å². The Morgan fingerprint density at radius 2 is 1.72 bits per heavy atom. The highest BCUT2D eigenvalue weighted by Gasteiger charge is 2.37. The van der Waals surface area contributed by atoms with Crippen molar-refractivity contribution in [2.75, 3.05) is 11.1 Å². The van der Waals surface area contributed by atoms with Crippen molar-refractivity contribution < 1.29 is 24.2 Å². The van der Waals surface area contributed by atoms with Gasteiger partial charge in [0.1, 0.15) is 23.4 Å². The molecular weight excluding hydrogens is 502 g/mol. The maximum absolute atomic E-state index is 13.7. The van der Waals surface area contributed by atoms with Gasteiger partial charge in [-0.3, -0.25) is 9.59 Å². The number of ether oxygens (including phenoxy) is 1. The Labute approximate surface area is 222 Å². The maximum atomic E-state index is 13.7. The zero-order valence-electron chi connectivity index (χ0n) is 21.3. The SMILES string of the molecule is Cc1cccc(Cl)c1NC(=O)C(c1ccc(O)cc1)N(C(=O)C(CS)NC(=O)OC(C)(C)C)C(C)C. The van der Waals surface area contributed by atoms with Crippen LogP contribution in [-0.4, -0.2) is 51.4 Å². The lowest BCUT2D eigenvalue weighted by Gasteiger charge is -2.37. The van der Waals surface area contributed by atoms with E-state index in [-0.39, 0.29) is 11.5 Å². The molecule has 0 radical (unpaired) electrons. The Balaban J connectivity index is 2.49. The molecule has 0 aliphatic heterocycles. The van der Waals surface area contributed by atoms with E-state index in [9.17, 15) is 19.5 Å². The maximum Gasteiger partial charge on any atom is 0.408 e. The summed E-state index contributed by atoms with van der Waals surface area (Å²) in [6.07, 6.45) is -0.768. The normalized spacial score (nSPS) is 13.0. The molecule has 0 heterocycles. The summed E-state index contributed by atoms with van der Waals surface area (Å²) in [5.41, 5.74) is 0.893. The van der Waals surface area contributed by atoms with Crippen molar-refractivity contribution in [2.24, 2.45) is 0 Å². The third-order valence-corrected chi connectivity index (χ3v) is 5.87. The minimum Gasteiger partial charge on any atom is -0.508 e. The van der Waals surface area contributed by atoms with Gasteiger partial charge in [-0.15, -0.1) is 0 Å². The number of nitrogens with zero attached hydrogens (tertiary/aromatic N) is 1. The summed E-state index contributed by atoms with van der Waals surface area (Å²) in [6, 6.07) is 8.65. The largest absolute Gasteiger partial charge is 0.508 e. The van der Waals surface area contributed by atoms with Crippen LogP contribution < -0.4 is 10.6 Å². The predicted molar refractivity (Wildman–Crippen MR) is 145 cm³/mol. The Hall–Kier alpha value is -2.91. The predicted octanol–water partition coefficient (Wildman–Crippen LogP) is 5.09. The van der Waals surface area contributed by atoms with Crippen LogP contribution in [0.5, 0.6) is 5.75 Å². The fourth-order valence-electron chi connectivity index (χ4n) is 3.57. The van der Waals surface area contributed by atoms with Gasteiger partial charge < -0.3 is 25.4 Å². The number of benzene rings is 2. The first-order chi connectivity index (χ1) is 16.7. The van der Waals surface area contributed by atoms with Crippen LogP contribution in [0.1, 0.15) is 51.8 Å². The summed E-state index contributed by atoms with van der Waals surface area (Å²) in [4.78, 5) is 41.2. The molecule has 0 fully saturated rings. The Morgan fingerprint density at radius 3 is 2.22 bits per heavy atom. The van der Waals surface area contributed by atoms with Crippen LogP contribution in [0.2, 0.25) is 5.02 Å². The number of phenolic OH excluding ortho intramolecular Hbond substituents is 1. The van der Waals surface area contributed by atoms with E-state index < -0.39 is 41.6 Å². The first kappa shape index (κ1) is 29.3. The number of phenols is 1. The van der Waals surface area contributed by atoms with Gasteiger partial charge in [-0.05, 0) is 70.9 Å². The van der Waals surface area contributed by atoms with Gasteiger partial charge in [0.15, 0.2) is 0 Å². The lowest BCUT2D eigenvalue weighted by molar-refractivity contribution is -0.142. The highest BCUT2D eigenvalue weighted by atomic mass is 35.5. The van der Waals surface area contributed by atoms with Crippen LogP contribution in [0.25, 0.3) is 0 Å². The Morgan fingerprint density at radius 1 is 1.11 bits per heavy atom. The average molecular weight is 536 g/mol. The van der Waals surface area contributed by atoms with Crippen molar-refractivity contribution in [1.29, 1.82) is 0 Å². The molecular formula is C26H34ClN3O5S. The summed E-state index contributed by atoms with van der Waals surface area (Å²) in [5, 5.41) is 15.6. The number of hydrogen-bond donors (Lipinski definition) is 4. The number of carbonyl (C=O) groups is 3. The number of rotatable bonds is 8. The van der Waals surface area contributed by atoms with E-state index in [1.807, 2.05) is 13.0 Å². The number of carbonyl (C=O) groups excluding carboxylic acids is 3. The average Bonchev–Trinajstić information content (AvgIpc) is 2.77. The molecule has 0 spiro atoms. The number of thiol groups is 1. The standard InChI is InChI=1S/C26H34ClN3O5S/c1-15(2)30(24(33)20(14-36)28-25(34)35-26(4,5)6)22(17-10-12-18(31)13-11-17)23(32)29-21-16(3)8-7-9-19(21)27/h7-13,15,20,22,31,36H,14H2,1-6H3,(H,28,34)(H,29,32). The van der Waals surface area contributed by atoms with Gasteiger partial charge >= 0.3 is 6.09 Å². The quantitative estimate of drug-likeness (QED) is 0.352. The molecule has 0 aromatic heterocycles. The van der Waals surface area contributed by atoms with Crippen molar-refractivity contribution in [3.8, 4) is 5.75 Å². The molecule has 0 saturated heterocycles. The third kappa shape index (κ3) is 7.80. The van der Waals surface area contributed by atoms with Crippen molar-refractivity contribution in [1.82, 2.24) is 10.2 Å². The summed E-state index contributed by atoms with van der Waals surface area (Å²) in [6.45, 7) is 10.5. The number of anilines is 1. The van der Waals surface area contributed by atoms with Crippen LogP contribution in [0.3, 0.4) is 0 Å². The number of hydrogen-bond acceptors (Lipinski definition) is 6. The van der Waals surface area contributed by atoms with Gasteiger partial charge in [-0.2, -0.15) is 12.6 Å². The highest BCUT2D eigenvalue weighted by molar-refractivity contribution is 7.80. The van der Waals surface area contributed by atoms with Crippen LogP contribution in [0.4, 0.5) is 10.5 Å². The molecule has 0 saturated carbocycles. The fraction of sp³-hybridized carbons (Fsp3) is 0.423. The van der Waals surface area contributed by atoms with Crippen molar-refractivity contribution in [3.05, 3.63) is 58.6 Å². The smallest absolute Gasteiger partial charge is 0.408 e. The number of nitrogens with one attached hydrogen (secondary N) is 2. The third-order valence-electron chi connectivity index (χ3n) is 5.19. The lowest BCUT2D eigenvalue weighted by atomic mass is 10.0. The van der Waals surface area contributed by atoms with E-state index in [1.165, 1.54) is 17.0 Å². The summed E-state index contributed by atoms with van der Waals surface area (Å²) < 4.78 is 5.30. The summed E-state index contributed by atoms with van der Waals surface area (Å²) in [5.74, 6) is -1.03. The zero-order valence-corrected chi connectivity index (χ0v) is 23.0. The second kappa shape index (κ2) is 12.4. The number of halogens is 1. The first-order valence-electron chi connectivity index (χ1n) is 11.5. The van der Waals surface area contributed by atoms with E-state index in [4.69, 9.17) is 16.3 Å². The van der Waals surface area contributed by atoms with Gasteiger partial charge in [0, 0.05) is 11.8 Å². The number of aryl methyl sites for hydroxylation is 1. The van der Waals surface area contributed by atoms with Gasteiger partial charge in [-0.1, -0.05) is 35.9 Å². The minimum atomic E-state index is -1.10. The molecule has 2 unspecified atom stereocenters. The molecule has 0 bridgehead atoms.